The lowest BCUT2D eigenvalue weighted by Crippen LogP contribution is -2.37. The van der Waals surface area contributed by atoms with Gasteiger partial charge in [-0.25, -0.2) is 0 Å². The van der Waals surface area contributed by atoms with Gasteiger partial charge in [0.05, 0.1) is 7.11 Å². The van der Waals surface area contributed by atoms with Crippen LogP contribution in [0.4, 0.5) is 0 Å². The third-order valence-electron chi connectivity index (χ3n) is 3.99. The minimum absolute atomic E-state index is 0.664. The summed E-state index contributed by atoms with van der Waals surface area (Å²) >= 11 is 0. The van der Waals surface area contributed by atoms with Gasteiger partial charge in [0.1, 0.15) is 5.75 Å². The molecule has 1 aliphatic heterocycles. The molecule has 0 bridgehead atoms. The summed E-state index contributed by atoms with van der Waals surface area (Å²) in [6, 6.07) is 9.04. The van der Waals surface area contributed by atoms with Gasteiger partial charge in [-0.2, -0.15) is 0 Å². The zero-order chi connectivity index (χ0) is 13.0. The van der Waals surface area contributed by atoms with Gasteiger partial charge in [-0.3, -0.25) is 4.90 Å². The van der Waals surface area contributed by atoms with Crippen LogP contribution < -0.4 is 10.1 Å². The van der Waals surface area contributed by atoms with Crippen molar-refractivity contribution in [3.8, 4) is 5.75 Å². The third kappa shape index (κ3) is 3.03. The number of nitrogens with one attached hydrogen (secondary N) is 1. The molecule has 2 atom stereocenters. The lowest BCUT2D eigenvalue weighted by atomic mass is 9.99. The predicted molar refractivity (Wildman–Crippen MR) is 74.9 cm³/mol. The quantitative estimate of drug-likeness (QED) is 0.864. The summed E-state index contributed by atoms with van der Waals surface area (Å²) in [5.41, 5.74) is 1.35. The molecule has 0 amide bonds. The van der Waals surface area contributed by atoms with Gasteiger partial charge < -0.3 is 10.1 Å². The summed E-state index contributed by atoms with van der Waals surface area (Å²) in [5.74, 6) is 1.71. The summed E-state index contributed by atoms with van der Waals surface area (Å²) < 4.78 is 5.18. The Morgan fingerprint density at radius 2 is 2.00 bits per heavy atom. The van der Waals surface area contributed by atoms with Crippen LogP contribution >= 0.6 is 0 Å². The molecule has 1 saturated heterocycles. The van der Waals surface area contributed by atoms with Crippen LogP contribution in [0.3, 0.4) is 0 Å². The fourth-order valence-corrected chi connectivity index (χ4v) is 2.79. The second-order valence-electron chi connectivity index (χ2n) is 5.16. The summed E-state index contributed by atoms with van der Waals surface area (Å²) in [5, 5.41) is 3.50. The standard InChI is InChI=1S/C15H24N2O/c1-4-13-9-16-10-15(13)17(2)11-12-5-7-14(18-3)8-6-12/h5-8,13,15-16H,4,9-11H2,1-3H3. The number of ether oxygens (including phenoxy) is 1. The Morgan fingerprint density at radius 3 is 2.61 bits per heavy atom. The average Bonchev–Trinajstić information content (AvgIpc) is 2.88. The number of rotatable bonds is 5. The Morgan fingerprint density at radius 1 is 1.28 bits per heavy atom. The lowest BCUT2D eigenvalue weighted by molar-refractivity contribution is 0.201. The molecule has 2 unspecified atom stereocenters. The van der Waals surface area contributed by atoms with Crippen LogP contribution in [0.15, 0.2) is 24.3 Å². The van der Waals surface area contributed by atoms with Crippen LogP contribution in [0.1, 0.15) is 18.9 Å². The minimum atomic E-state index is 0.664. The van der Waals surface area contributed by atoms with Crippen molar-refractivity contribution < 1.29 is 4.74 Å². The number of hydrogen-bond donors (Lipinski definition) is 1. The topological polar surface area (TPSA) is 24.5 Å². The van der Waals surface area contributed by atoms with Crippen molar-refractivity contribution in [1.29, 1.82) is 0 Å². The molecule has 0 saturated carbocycles. The molecule has 0 radical (unpaired) electrons. The first kappa shape index (κ1) is 13.4. The molecule has 100 valence electrons. The molecule has 0 aromatic heterocycles. The van der Waals surface area contributed by atoms with E-state index in [1.54, 1.807) is 7.11 Å². The van der Waals surface area contributed by atoms with E-state index in [-0.39, 0.29) is 0 Å². The maximum atomic E-state index is 5.18. The van der Waals surface area contributed by atoms with Crippen molar-refractivity contribution in [2.45, 2.75) is 25.9 Å². The third-order valence-corrected chi connectivity index (χ3v) is 3.99. The van der Waals surface area contributed by atoms with Crippen molar-refractivity contribution in [2.24, 2.45) is 5.92 Å². The van der Waals surface area contributed by atoms with Gasteiger partial charge in [-0.15, -0.1) is 0 Å². The Labute approximate surface area is 110 Å². The van der Waals surface area contributed by atoms with Crippen LogP contribution in [-0.2, 0) is 6.54 Å². The molecular weight excluding hydrogens is 224 g/mol. The first-order valence-corrected chi connectivity index (χ1v) is 6.78. The first-order chi connectivity index (χ1) is 8.74. The molecule has 1 aromatic carbocycles. The van der Waals surface area contributed by atoms with Crippen LogP contribution in [0, 0.1) is 5.92 Å². The smallest absolute Gasteiger partial charge is 0.118 e. The van der Waals surface area contributed by atoms with Gasteiger partial charge in [0, 0.05) is 19.1 Å². The Balaban J connectivity index is 1.95. The fraction of sp³-hybridized carbons (Fsp3) is 0.600. The molecule has 2 rings (SSSR count). The second kappa shape index (κ2) is 6.21. The van der Waals surface area contributed by atoms with Crippen molar-refractivity contribution in [3.05, 3.63) is 29.8 Å². The molecule has 0 spiro atoms. The summed E-state index contributed by atoms with van der Waals surface area (Å²) in [4.78, 5) is 2.47. The maximum absolute atomic E-state index is 5.18. The van der Waals surface area contributed by atoms with Crippen molar-refractivity contribution >= 4 is 0 Å². The van der Waals surface area contributed by atoms with Crippen LogP contribution in [-0.4, -0.2) is 38.2 Å². The molecule has 1 aromatic rings. The van der Waals surface area contributed by atoms with E-state index in [1.807, 2.05) is 12.1 Å². The normalized spacial score (nSPS) is 23.6. The highest BCUT2D eigenvalue weighted by Crippen LogP contribution is 2.20. The van der Waals surface area contributed by atoms with Gasteiger partial charge in [-0.05, 0) is 37.2 Å². The molecule has 3 nitrogen and oxygen atoms in total. The van der Waals surface area contributed by atoms with Crippen molar-refractivity contribution in [3.63, 3.8) is 0 Å². The highest BCUT2D eigenvalue weighted by Gasteiger charge is 2.28. The van der Waals surface area contributed by atoms with Gasteiger partial charge in [0.25, 0.3) is 0 Å². The number of nitrogens with zero attached hydrogens (tertiary/aromatic N) is 1. The van der Waals surface area contributed by atoms with Gasteiger partial charge in [0.15, 0.2) is 0 Å². The number of benzene rings is 1. The summed E-state index contributed by atoms with van der Waals surface area (Å²) in [6.07, 6.45) is 1.25. The van der Waals surface area contributed by atoms with Crippen LogP contribution in [0.5, 0.6) is 5.75 Å². The lowest BCUT2D eigenvalue weighted by Gasteiger charge is -2.28. The molecule has 1 heterocycles. The zero-order valence-electron chi connectivity index (χ0n) is 11.6. The SMILES string of the molecule is CCC1CNCC1N(C)Cc1ccc(OC)cc1. The Kier molecular flexibility index (Phi) is 4.61. The predicted octanol–water partition coefficient (Wildman–Crippen LogP) is 2.12. The van der Waals surface area contributed by atoms with E-state index in [9.17, 15) is 0 Å². The molecular formula is C15H24N2O. The number of likely N-dealkylation sites (N-methyl/N-ethyl adjacent to an activating group) is 1. The number of hydrogen-bond acceptors (Lipinski definition) is 3. The van der Waals surface area contributed by atoms with E-state index in [1.165, 1.54) is 12.0 Å². The minimum Gasteiger partial charge on any atom is -0.497 e. The fourth-order valence-electron chi connectivity index (χ4n) is 2.79. The van der Waals surface area contributed by atoms with E-state index in [0.29, 0.717) is 6.04 Å². The van der Waals surface area contributed by atoms with Crippen molar-refractivity contribution in [1.82, 2.24) is 10.2 Å². The van der Waals surface area contributed by atoms with E-state index in [0.717, 1.165) is 31.3 Å². The molecule has 18 heavy (non-hydrogen) atoms. The van der Waals surface area contributed by atoms with E-state index in [4.69, 9.17) is 4.74 Å². The maximum Gasteiger partial charge on any atom is 0.118 e. The van der Waals surface area contributed by atoms with E-state index < -0.39 is 0 Å². The van der Waals surface area contributed by atoms with Gasteiger partial charge in [0.2, 0.25) is 0 Å². The number of methoxy groups -OCH3 is 1. The van der Waals surface area contributed by atoms with Crippen LogP contribution in [0.25, 0.3) is 0 Å². The van der Waals surface area contributed by atoms with Gasteiger partial charge >= 0.3 is 0 Å². The summed E-state index contributed by atoms with van der Waals surface area (Å²) in [6.45, 7) is 5.57. The largest absolute Gasteiger partial charge is 0.497 e. The first-order valence-electron chi connectivity index (χ1n) is 6.78. The Hall–Kier alpha value is -1.06. The molecule has 0 aliphatic carbocycles. The molecule has 1 fully saturated rings. The Bertz CT molecular complexity index is 363. The monoisotopic (exact) mass is 248 g/mol. The zero-order valence-corrected chi connectivity index (χ0v) is 11.6. The highest BCUT2D eigenvalue weighted by molar-refractivity contribution is 5.27. The highest BCUT2D eigenvalue weighted by atomic mass is 16.5. The molecule has 3 heteroatoms. The average molecular weight is 248 g/mol. The molecule has 1 N–H and O–H groups in total. The summed E-state index contributed by atoms with van der Waals surface area (Å²) in [7, 11) is 3.93. The van der Waals surface area contributed by atoms with Gasteiger partial charge in [-0.1, -0.05) is 25.5 Å². The van der Waals surface area contributed by atoms with E-state index in [2.05, 4.69) is 36.3 Å². The second-order valence-corrected chi connectivity index (χ2v) is 5.16. The van der Waals surface area contributed by atoms with Crippen molar-refractivity contribution in [2.75, 3.05) is 27.2 Å². The molecule has 1 aliphatic rings. The van der Waals surface area contributed by atoms with E-state index >= 15 is 0 Å². The van der Waals surface area contributed by atoms with Crippen LogP contribution in [0.2, 0.25) is 0 Å².